The van der Waals surface area contributed by atoms with Gasteiger partial charge in [0.1, 0.15) is 0 Å². The van der Waals surface area contributed by atoms with E-state index in [0.717, 1.165) is 37.0 Å². The van der Waals surface area contributed by atoms with Crippen molar-refractivity contribution < 1.29 is 5.11 Å². The molecule has 0 bridgehead atoms. The molecule has 1 N–H and O–H groups in total. The van der Waals surface area contributed by atoms with Crippen LogP contribution >= 0.6 is 0 Å². The van der Waals surface area contributed by atoms with Gasteiger partial charge in [0.05, 0.1) is 6.10 Å². The van der Waals surface area contributed by atoms with E-state index in [2.05, 4.69) is 37.8 Å². The first kappa shape index (κ1) is 13.6. The van der Waals surface area contributed by atoms with E-state index >= 15 is 0 Å². The highest BCUT2D eigenvalue weighted by Gasteiger charge is 2.24. The molecule has 0 spiro atoms. The lowest BCUT2D eigenvalue weighted by atomic mass is 9.88. The topological polar surface area (TPSA) is 23.5 Å². The van der Waals surface area contributed by atoms with Gasteiger partial charge >= 0.3 is 0 Å². The number of aliphatic hydroxyl groups is 1. The highest BCUT2D eigenvalue weighted by molar-refractivity contribution is 5.24. The lowest BCUT2D eigenvalue weighted by Gasteiger charge is -2.36. The van der Waals surface area contributed by atoms with Gasteiger partial charge in [0, 0.05) is 13.1 Å². The van der Waals surface area contributed by atoms with Crippen molar-refractivity contribution in [1.82, 2.24) is 4.90 Å². The van der Waals surface area contributed by atoms with E-state index in [-0.39, 0.29) is 6.10 Å². The van der Waals surface area contributed by atoms with Gasteiger partial charge in [-0.3, -0.25) is 0 Å². The number of aryl methyl sites for hydroxylation is 1. The molecule has 1 heterocycles. The van der Waals surface area contributed by atoms with Gasteiger partial charge < -0.3 is 10.0 Å². The minimum Gasteiger partial charge on any atom is -0.387 e. The molecule has 1 aromatic rings. The summed E-state index contributed by atoms with van der Waals surface area (Å²) in [5, 5.41) is 10.3. The Labute approximate surface area is 111 Å². The Bertz CT molecular complexity index is 390. The molecule has 0 saturated carbocycles. The molecule has 2 nitrogen and oxygen atoms in total. The quantitative estimate of drug-likeness (QED) is 0.887. The van der Waals surface area contributed by atoms with Gasteiger partial charge in [0.2, 0.25) is 0 Å². The number of benzene rings is 1. The van der Waals surface area contributed by atoms with Crippen molar-refractivity contribution in [3.8, 4) is 0 Å². The summed E-state index contributed by atoms with van der Waals surface area (Å²) in [7, 11) is 0. The van der Waals surface area contributed by atoms with Crippen LogP contribution in [0.15, 0.2) is 24.3 Å². The predicted octanol–water partition coefficient (Wildman–Crippen LogP) is 3.01. The first-order valence-electron chi connectivity index (χ1n) is 7.03. The fourth-order valence-corrected chi connectivity index (χ4v) is 2.74. The third-order valence-corrected chi connectivity index (χ3v) is 4.28. The van der Waals surface area contributed by atoms with Crippen LogP contribution in [-0.4, -0.2) is 29.6 Å². The molecular formula is C16H25NO. The lowest BCUT2D eigenvalue weighted by Crippen LogP contribution is -2.40. The summed E-state index contributed by atoms with van der Waals surface area (Å²) in [4.78, 5) is 2.40. The second kappa shape index (κ2) is 5.85. The van der Waals surface area contributed by atoms with Crippen molar-refractivity contribution in [2.24, 2.45) is 11.8 Å². The molecule has 3 unspecified atom stereocenters. The summed E-state index contributed by atoms with van der Waals surface area (Å²) in [6.07, 6.45) is 0.896. The number of rotatable bonds is 3. The van der Waals surface area contributed by atoms with E-state index in [0.29, 0.717) is 0 Å². The van der Waals surface area contributed by atoms with Crippen LogP contribution in [0, 0.1) is 18.8 Å². The molecule has 3 atom stereocenters. The summed E-state index contributed by atoms with van der Waals surface area (Å²) < 4.78 is 0. The molecule has 1 aliphatic heterocycles. The Balaban J connectivity index is 1.93. The van der Waals surface area contributed by atoms with Gasteiger partial charge in [-0.05, 0) is 37.3 Å². The Kier molecular flexibility index (Phi) is 4.41. The van der Waals surface area contributed by atoms with Crippen LogP contribution in [0.2, 0.25) is 0 Å². The zero-order valence-corrected chi connectivity index (χ0v) is 11.8. The molecule has 0 aromatic heterocycles. The molecule has 0 radical (unpaired) electrons. The Morgan fingerprint density at radius 2 is 2.11 bits per heavy atom. The number of aliphatic hydroxyl groups excluding tert-OH is 1. The van der Waals surface area contributed by atoms with Crippen LogP contribution in [0.5, 0.6) is 0 Å². The average molecular weight is 247 g/mol. The van der Waals surface area contributed by atoms with Gasteiger partial charge in [-0.2, -0.15) is 0 Å². The highest BCUT2D eigenvalue weighted by atomic mass is 16.3. The van der Waals surface area contributed by atoms with Crippen LogP contribution in [0.3, 0.4) is 0 Å². The van der Waals surface area contributed by atoms with E-state index < -0.39 is 0 Å². The maximum absolute atomic E-state index is 10.3. The fourth-order valence-electron chi connectivity index (χ4n) is 2.74. The minimum absolute atomic E-state index is 0.356. The highest BCUT2D eigenvalue weighted by Crippen LogP contribution is 2.24. The summed E-state index contributed by atoms with van der Waals surface area (Å²) in [6, 6.07) is 8.20. The Hall–Kier alpha value is -0.860. The molecule has 2 heteroatoms. The molecule has 1 fully saturated rings. The SMILES string of the molecule is Cc1cccc(C(O)CN2CCC(C)C(C)C2)c1. The maximum Gasteiger partial charge on any atom is 0.0917 e. The van der Waals surface area contributed by atoms with Gasteiger partial charge in [0.15, 0.2) is 0 Å². The van der Waals surface area contributed by atoms with Crippen molar-refractivity contribution in [1.29, 1.82) is 0 Å². The zero-order valence-electron chi connectivity index (χ0n) is 11.8. The Morgan fingerprint density at radius 1 is 1.33 bits per heavy atom. The Morgan fingerprint density at radius 3 is 2.78 bits per heavy atom. The van der Waals surface area contributed by atoms with Crippen LogP contribution in [0.4, 0.5) is 0 Å². The third kappa shape index (κ3) is 3.33. The van der Waals surface area contributed by atoms with Crippen molar-refractivity contribution in [2.45, 2.75) is 33.3 Å². The van der Waals surface area contributed by atoms with E-state index in [9.17, 15) is 5.11 Å². The number of β-amino-alcohol motifs (C(OH)–C–C–N with tert-alkyl or cyclic N) is 1. The van der Waals surface area contributed by atoms with E-state index in [1.165, 1.54) is 12.0 Å². The summed E-state index contributed by atoms with van der Waals surface area (Å²) in [6.45, 7) is 9.72. The minimum atomic E-state index is -0.356. The van der Waals surface area contributed by atoms with Crippen LogP contribution in [0.25, 0.3) is 0 Å². The lowest BCUT2D eigenvalue weighted by molar-refractivity contribution is 0.0705. The van der Waals surface area contributed by atoms with Gasteiger partial charge in [0.25, 0.3) is 0 Å². The largest absolute Gasteiger partial charge is 0.387 e. The molecule has 0 amide bonds. The van der Waals surface area contributed by atoms with Gasteiger partial charge in [-0.25, -0.2) is 0 Å². The number of likely N-dealkylation sites (tertiary alicyclic amines) is 1. The second-order valence-corrected chi connectivity index (χ2v) is 5.93. The zero-order chi connectivity index (χ0) is 13.1. The van der Waals surface area contributed by atoms with Crippen LogP contribution < -0.4 is 0 Å². The third-order valence-electron chi connectivity index (χ3n) is 4.28. The smallest absolute Gasteiger partial charge is 0.0917 e. The predicted molar refractivity (Wildman–Crippen MR) is 75.5 cm³/mol. The van der Waals surface area contributed by atoms with E-state index in [4.69, 9.17) is 0 Å². The normalized spacial score (nSPS) is 27.1. The van der Waals surface area contributed by atoms with E-state index in [1.807, 2.05) is 12.1 Å². The fraction of sp³-hybridized carbons (Fsp3) is 0.625. The second-order valence-electron chi connectivity index (χ2n) is 5.93. The first-order valence-corrected chi connectivity index (χ1v) is 7.03. The standard InChI is InChI=1S/C16H25NO/c1-12-5-4-6-15(9-12)16(18)11-17-8-7-13(2)14(3)10-17/h4-6,9,13-14,16,18H,7-8,10-11H2,1-3H3. The molecular weight excluding hydrogens is 222 g/mol. The average Bonchev–Trinajstić information content (AvgIpc) is 2.34. The monoisotopic (exact) mass is 247 g/mol. The summed E-state index contributed by atoms with van der Waals surface area (Å²) >= 11 is 0. The first-order chi connectivity index (χ1) is 8.56. The molecule has 1 aliphatic rings. The molecule has 1 aromatic carbocycles. The van der Waals surface area contributed by atoms with Crippen molar-refractivity contribution in [3.05, 3.63) is 35.4 Å². The van der Waals surface area contributed by atoms with Crippen molar-refractivity contribution in [3.63, 3.8) is 0 Å². The van der Waals surface area contributed by atoms with Crippen LogP contribution in [0.1, 0.15) is 37.5 Å². The molecule has 18 heavy (non-hydrogen) atoms. The number of hydrogen-bond acceptors (Lipinski definition) is 2. The molecule has 100 valence electrons. The van der Waals surface area contributed by atoms with Gasteiger partial charge in [-0.1, -0.05) is 43.7 Å². The molecule has 0 aliphatic carbocycles. The number of hydrogen-bond donors (Lipinski definition) is 1. The molecule has 1 saturated heterocycles. The summed E-state index contributed by atoms with van der Waals surface area (Å²) in [5.74, 6) is 1.56. The maximum atomic E-state index is 10.3. The van der Waals surface area contributed by atoms with Crippen LogP contribution in [-0.2, 0) is 0 Å². The molecule has 2 rings (SSSR count). The number of nitrogens with zero attached hydrogens (tertiary/aromatic N) is 1. The van der Waals surface area contributed by atoms with E-state index in [1.54, 1.807) is 0 Å². The van der Waals surface area contributed by atoms with Crippen molar-refractivity contribution in [2.75, 3.05) is 19.6 Å². The number of piperidine rings is 1. The summed E-state index contributed by atoms with van der Waals surface area (Å²) in [5.41, 5.74) is 2.26. The van der Waals surface area contributed by atoms with Gasteiger partial charge in [-0.15, -0.1) is 0 Å². The van der Waals surface area contributed by atoms with Crippen molar-refractivity contribution >= 4 is 0 Å².